The molecular formula is C14H14F6O. The minimum atomic E-state index is -4.94. The van der Waals surface area contributed by atoms with E-state index < -0.39 is 40.7 Å². The van der Waals surface area contributed by atoms with Gasteiger partial charge < -0.3 is 0 Å². The van der Waals surface area contributed by atoms with Gasteiger partial charge in [0.05, 0.1) is 11.1 Å². The molecule has 1 aromatic carbocycles. The molecule has 0 aliphatic rings. The van der Waals surface area contributed by atoms with Crippen LogP contribution >= 0.6 is 0 Å². The van der Waals surface area contributed by atoms with Crippen molar-refractivity contribution in [3.63, 3.8) is 0 Å². The van der Waals surface area contributed by atoms with E-state index in [2.05, 4.69) is 0 Å². The van der Waals surface area contributed by atoms with Gasteiger partial charge in [-0.25, -0.2) is 0 Å². The van der Waals surface area contributed by atoms with Gasteiger partial charge in [-0.3, -0.25) is 4.79 Å². The van der Waals surface area contributed by atoms with Crippen LogP contribution in [0.3, 0.4) is 0 Å². The van der Waals surface area contributed by atoms with Crippen LogP contribution in [-0.2, 0) is 12.4 Å². The fraction of sp³-hybridized carbons (Fsp3) is 0.500. The van der Waals surface area contributed by atoms with Crippen molar-refractivity contribution in [3.8, 4) is 0 Å². The third-order valence-corrected chi connectivity index (χ3v) is 3.23. The van der Waals surface area contributed by atoms with Crippen molar-refractivity contribution in [2.45, 2.75) is 39.0 Å². The molecule has 1 nitrogen and oxygen atoms in total. The molecule has 0 aromatic heterocycles. The van der Waals surface area contributed by atoms with Crippen LogP contribution in [0.5, 0.6) is 0 Å². The zero-order valence-corrected chi connectivity index (χ0v) is 11.4. The monoisotopic (exact) mass is 312 g/mol. The highest BCUT2D eigenvalue weighted by Crippen LogP contribution is 2.37. The van der Waals surface area contributed by atoms with Crippen LogP contribution < -0.4 is 0 Å². The maximum absolute atomic E-state index is 12.7. The van der Waals surface area contributed by atoms with E-state index >= 15 is 0 Å². The molecule has 7 heteroatoms. The SMILES string of the molecule is CCC(CC)C(=O)c1cc(C(F)(F)F)cc(C(F)(F)F)c1. The Labute approximate surface area is 118 Å². The number of hydrogen-bond donors (Lipinski definition) is 0. The summed E-state index contributed by atoms with van der Waals surface area (Å²) in [6.45, 7) is 3.31. The third-order valence-electron chi connectivity index (χ3n) is 3.23. The van der Waals surface area contributed by atoms with Gasteiger partial charge in [0.25, 0.3) is 0 Å². The lowest BCUT2D eigenvalue weighted by Crippen LogP contribution is -2.17. The Morgan fingerprint density at radius 1 is 0.905 bits per heavy atom. The molecule has 1 rings (SSSR count). The van der Waals surface area contributed by atoms with E-state index in [0.29, 0.717) is 25.0 Å². The van der Waals surface area contributed by atoms with Gasteiger partial charge in [0.15, 0.2) is 5.78 Å². The fourth-order valence-electron chi connectivity index (χ4n) is 1.99. The summed E-state index contributed by atoms with van der Waals surface area (Å²) in [7, 11) is 0. The van der Waals surface area contributed by atoms with E-state index in [1.807, 2.05) is 0 Å². The molecule has 0 bridgehead atoms. The number of halogens is 6. The molecule has 0 saturated heterocycles. The normalized spacial score (nSPS) is 12.8. The van der Waals surface area contributed by atoms with Gasteiger partial charge in [0.2, 0.25) is 0 Å². The zero-order chi connectivity index (χ0) is 16.4. The number of carbonyl (C=O) groups excluding carboxylic acids is 1. The molecule has 0 fully saturated rings. The molecule has 0 atom stereocenters. The largest absolute Gasteiger partial charge is 0.416 e. The Morgan fingerprint density at radius 2 is 1.29 bits per heavy atom. The summed E-state index contributed by atoms with van der Waals surface area (Å²) in [5.74, 6) is -1.29. The van der Waals surface area contributed by atoms with Crippen LogP contribution in [0.1, 0.15) is 48.2 Å². The van der Waals surface area contributed by atoms with Gasteiger partial charge in [-0.05, 0) is 31.0 Å². The molecule has 118 valence electrons. The summed E-state index contributed by atoms with van der Waals surface area (Å²) in [6, 6.07) is 0.982. The molecule has 0 amide bonds. The summed E-state index contributed by atoms with van der Waals surface area (Å²) in [6.07, 6.45) is -9.17. The highest BCUT2D eigenvalue weighted by Gasteiger charge is 2.37. The quantitative estimate of drug-likeness (QED) is 0.541. The van der Waals surface area contributed by atoms with Crippen LogP contribution in [0.4, 0.5) is 26.3 Å². The van der Waals surface area contributed by atoms with Crippen LogP contribution in [0.15, 0.2) is 18.2 Å². The third kappa shape index (κ3) is 4.22. The average Bonchev–Trinajstić information content (AvgIpc) is 2.37. The minimum absolute atomic E-state index is 0.0175. The molecule has 0 saturated carbocycles. The van der Waals surface area contributed by atoms with Crippen LogP contribution in [-0.4, -0.2) is 5.78 Å². The first kappa shape index (κ1) is 17.5. The van der Waals surface area contributed by atoms with E-state index in [-0.39, 0.29) is 6.07 Å². The standard InChI is InChI=1S/C14H14F6O/c1-3-8(4-2)12(21)9-5-10(13(15,16)17)7-11(6-9)14(18,19)20/h5-8H,3-4H2,1-2H3. The Morgan fingerprint density at radius 3 is 1.57 bits per heavy atom. The van der Waals surface area contributed by atoms with Crippen molar-refractivity contribution in [2.75, 3.05) is 0 Å². The number of rotatable bonds is 4. The smallest absolute Gasteiger partial charge is 0.294 e. The van der Waals surface area contributed by atoms with Crippen molar-refractivity contribution < 1.29 is 31.1 Å². The van der Waals surface area contributed by atoms with Gasteiger partial charge in [0.1, 0.15) is 0 Å². The van der Waals surface area contributed by atoms with Gasteiger partial charge in [-0.2, -0.15) is 26.3 Å². The Hall–Kier alpha value is -1.53. The first-order chi connectivity index (χ1) is 9.50. The number of carbonyl (C=O) groups is 1. The highest BCUT2D eigenvalue weighted by molar-refractivity contribution is 5.98. The summed E-state index contributed by atoms with van der Waals surface area (Å²) >= 11 is 0. The molecular weight excluding hydrogens is 298 g/mol. The first-order valence-electron chi connectivity index (χ1n) is 6.34. The van der Waals surface area contributed by atoms with E-state index in [0.717, 1.165) is 0 Å². The van der Waals surface area contributed by atoms with Crippen molar-refractivity contribution in [1.82, 2.24) is 0 Å². The molecule has 0 aliphatic heterocycles. The predicted molar refractivity (Wildman–Crippen MR) is 64.8 cm³/mol. The summed E-state index contributed by atoms with van der Waals surface area (Å²) in [5, 5.41) is 0. The lowest BCUT2D eigenvalue weighted by Gasteiger charge is -2.16. The summed E-state index contributed by atoms with van der Waals surface area (Å²) < 4.78 is 76.1. The topological polar surface area (TPSA) is 17.1 Å². The Balaban J connectivity index is 3.42. The second kappa shape index (κ2) is 6.07. The van der Waals surface area contributed by atoms with Crippen LogP contribution in [0.2, 0.25) is 0 Å². The lowest BCUT2D eigenvalue weighted by molar-refractivity contribution is -0.143. The van der Waals surface area contributed by atoms with Crippen LogP contribution in [0.25, 0.3) is 0 Å². The molecule has 1 aromatic rings. The maximum Gasteiger partial charge on any atom is 0.416 e. The number of hydrogen-bond acceptors (Lipinski definition) is 1. The first-order valence-corrected chi connectivity index (χ1v) is 6.34. The van der Waals surface area contributed by atoms with Crippen molar-refractivity contribution in [1.29, 1.82) is 0 Å². The average molecular weight is 312 g/mol. The summed E-state index contributed by atoms with van der Waals surface area (Å²) in [5.41, 5.74) is -3.48. The second-order valence-corrected chi connectivity index (χ2v) is 4.67. The van der Waals surface area contributed by atoms with Crippen molar-refractivity contribution in [3.05, 3.63) is 34.9 Å². The van der Waals surface area contributed by atoms with Crippen molar-refractivity contribution in [2.24, 2.45) is 5.92 Å². The van der Waals surface area contributed by atoms with E-state index in [1.54, 1.807) is 13.8 Å². The molecule has 21 heavy (non-hydrogen) atoms. The molecule has 0 radical (unpaired) electrons. The molecule has 0 spiro atoms. The van der Waals surface area contributed by atoms with Crippen LogP contribution in [0, 0.1) is 5.92 Å². The van der Waals surface area contributed by atoms with E-state index in [9.17, 15) is 31.1 Å². The number of alkyl halides is 6. The minimum Gasteiger partial charge on any atom is -0.294 e. The van der Waals surface area contributed by atoms with Gasteiger partial charge in [-0.1, -0.05) is 13.8 Å². The Bertz CT molecular complexity index is 479. The summed E-state index contributed by atoms with van der Waals surface area (Å²) in [4.78, 5) is 12.0. The number of ketones is 1. The van der Waals surface area contributed by atoms with Gasteiger partial charge in [-0.15, -0.1) is 0 Å². The predicted octanol–water partition coefficient (Wildman–Crippen LogP) is 5.34. The fourth-order valence-corrected chi connectivity index (χ4v) is 1.99. The molecule has 0 unspecified atom stereocenters. The molecule has 0 heterocycles. The zero-order valence-electron chi connectivity index (χ0n) is 11.4. The van der Waals surface area contributed by atoms with Gasteiger partial charge >= 0.3 is 12.4 Å². The van der Waals surface area contributed by atoms with E-state index in [4.69, 9.17) is 0 Å². The highest BCUT2D eigenvalue weighted by atomic mass is 19.4. The Kier molecular flexibility index (Phi) is 5.07. The second-order valence-electron chi connectivity index (χ2n) is 4.67. The number of benzene rings is 1. The maximum atomic E-state index is 12.7. The lowest BCUT2D eigenvalue weighted by atomic mass is 9.91. The molecule has 0 aliphatic carbocycles. The van der Waals surface area contributed by atoms with E-state index in [1.165, 1.54) is 0 Å². The number of Topliss-reactive ketones (excluding diaryl/α,β-unsaturated/α-hetero) is 1. The van der Waals surface area contributed by atoms with Gasteiger partial charge in [0, 0.05) is 11.5 Å². The van der Waals surface area contributed by atoms with Crippen molar-refractivity contribution >= 4 is 5.78 Å². The molecule has 0 N–H and O–H groups in total.